The van der Waals surface area contributed by atoms with Gasteiger partial charge in [0.25, 0.3) is 0 Å². The Morgan fingerprint density at radius 3 is 2.67 bits per heavy atom. The minimum Gasteiger partial charge on any atom is -0.550 e. The second kappa shape index (κ2) is 5.75. The van der Waals surface area contributed by atoms with E-state index in [9.17, 15) is 9.90 Å². The number of hydrogen-bond acceptors (Lipinski definition) is 2. The molecule has 12 heavy (non-hydrogen) atoms. The van der Waals surface area contributed by atoms with Crippen LogP contribution in [-0.2, 0) is 11.2 Å². The van der Waals surface area contributed by atoms with Crippen molar-refractivity contribution in [3.8, 4) is 0 Å². The molecule has 0 N–H and O–H groups in total. The maximum atomic E-state index is 10.2. The Morgan fingerprint density at radius 1 is 1.50 bits per heavy atom. The minimum absolute atomic E-state index is 0. The Kier molecular flexibility index (Phi) is 5.84. The van der Waals surface area contributed by atoms with Crippen LogP contribution in [0.15, 0.2) is 28.7 Å². The number of hydrogen-bond donors (Lipinski definition) is 0. The van der Waals surface area contributed by atoms with Gasteiger partial charge in [-0.15, -0.1) is 0 Å². The maximum Gasteiger partial charge on any atom is 1.00 e. The van der Waals surface area contributed by atoms with Crippen LogP contribution in [0.1, 0.15) is 5.56 Å². The van der Waals surface area contributed by atoms with E-state index in [0.717, 1.165) is 10.0 Å². The average molecular weight is 237 g/mol. The number of aliphatic carboxylic acids is 1. The Morgan fingerprint density at radius 2 is 2.17 bits per heavy atom. The van der Waals surface area contributed by atoms with Gasteiger partial charge in [0.05, 0.1) is 0 Å². The summed E-state index contributed by atoms with van der Waals surface area (Å²) < 4.78 is 0.885. The summed E-state index contributed by atoms with van der Waals surface area (Å²) in [5, 5.41) is 10.2. The second-order valence-corrected chi connectivity index (χ2v) is 3.09. The molecule has 0 aliphatic heterocycles. The summed E-state index contributed by atoms with van der Waals surface area (Å²) in [5.74, 6) is -1.05. The molecule has 2 nitrogen and oxygen atoms in total. The molecule has 0 saturated heterocycles. The molecular weight excluding hydrogens is 231 g/mol. The van der Waals surface area contributed by atoms with Gasteiger partial charge < -0.3 is 9.90 Å². The molecule has 0 radical (unpaired) electrons. The van der Waals surface area contributed by atoms with Crippen LogP contribution in [0.25, 0.3) is 0 Å². The van der Waals surface area contributed by atoms with E-state index in [1.165, 1.54) is 0 Å². The van der Waals surface area contributed by atoms with E-state index in [0.29, 0.717) is 0 Å². The third-order valence-corrected chi connectivity index (χ3v) is 1.73. The first kappa shape index (κ1) is 12.2. The van der Waals surface area contributed by atoms with Gasteiger partial charge in [-0.2, -0.15) is 0 Å². The van der Waals surface area contributed by atoms with E-state index in [4.69, 9.17) is 0 Å². The van der Waals surface area contributed by atoms with Gasteiger partial charge in [0.15, 0.2) is 0 Å². The van der Waals surface area contributed by atoms with Crippen molar-refractivity contribution in [1.29, 1.82) is 0 Å². The number of carboxylic acid groups (broad SMARTS) is 1. The fraction of sp³-hybridized carbons (Fsp3) is 0.125. The fourth-order valence-electron chi connectivity index (χ4n) is 0.814. The molecule has 0 heterocycles. The molecule has 0 fully saturated rings. The van der Waals surface area contributed by atoms with Gasteiger partial charge in [0, 0.05) is 16.9 Å². The number of halogens is 1. The molecule has 0 aliphatic rings. The maximum absolute atomic E-state index is 10.2. The van der Waals surface area contributed by atoms with Crippen molar-refractivity contribution in [2.45, 2.75) is 6.42 Å². The van der Waals surface area contributed by atoms with Crippen molar-refractivity contribution in [2.24, 2.45) is 0 Å². The molecule has 0 spiro atoms. The van der Waals surface area contributed by atoms with Crippen molar-refractivity contribution >= 4 is 21.9 Å². The Balaban J connectivity index is 0.00000121. The summed E-state index contributed by atoms with van der Waals surface area (Å²) in [6.07, 6.45) is -0.0283. The number of carbonyl (C=O) groups excluding carboxylic acids is 1. The number of carbonyl (C=O) groups is 1. The van der Waals surface area contributed by atoms with Crippen LogP contribution in [0.4, 0.5) is 0 Å². The second-order valence-electron chi connectivity index (χ2n) is 2.18. The molecular formula is C8H6BrNaO2. The van der Waals surface area contributed by atoms with Gasteiger partial charge in [-0.1, -0.05) is 28.1 Å². The van der Waals surface area contributed by atoms with Crippen molar-refractivity contribution in [1.82, 2.24) is 0 Å². The smallest absolute Gasteiger partial charge is 0.550 e. The summed E-state index contributed by atoms with van der Waals surface area (Å²) in [5.41, 5.74) is 0.749. The summed E-state index contributed by atoms with van der Waals surface area (Å²) in [6, 6.07) is 7.15. The van der Waals surface area contributed by atoms with Crippen LogP contribution < -0.4 is 34.7 Å². The normalized spacial score (nSPS) is 8.75. The van der Waals surface area contributed by atoms with Gasteiger partial charge in [-0.3, -0.25) is 0 Å². The van der Waals surface area contributed by atoms with Gasteiger partial charge in [-0.25, -0.2) is 0 Å². The van der Waals surface area contributed by atoms with Gasteiger partial charge in [-0.05, 0) is 17.7 Å². The first-order chi connectivity index (χ1) is 5.18. The molecule has 0 bridgehead atoms. The molecule has 0 aliphatic carbocycles. The minimum atomic E-state index is -1.05. The molecule has 58 valence electrons. The van der Waals surface area contributed by atoms with E-state index in [1.54, 1.807) is 18.2 Å². The zero-order chi connectivity index (χ0) is 8.27. The first-order valence-corrected chi connectivity index (χ1v) is 3.92. The van der Waals surface area contributed by atoms with E-state index in [2.05, 4.69) is 15.9 Å². The van der Waals surface area contributed by atoms with Crippen LogP contribution in [0.5, 0.6) is 0 Å². The standard InChI is InChI=1S/C8H7BrO2.Na/c9-7-3-1-2-6(4-7)5-8(10)11;/h1-4H,5H2,(H,10,11);/q;+1/p-1. The third kappa shape index (κ3) is 4.26. The largest absolute Gasteiger partial charge is 1.00 e. The van der Waals surface area contributed by atoms with Crippen LogP contribution in [0, 0.1) is 0 Å². The Bertz CT molecular complexity index is 276. The average Bonchev–Trinajstić information content (AvgIpc) is 1.85. The number of carboxylic acids is 1. The van der Waals surface area contributed by atoms with E-state index >= 15 is 0 Å². The summed E-state index contributed by atoms with van der Waals surface area (Å²) in [6.45, 7) is 0. The summed E-state index contributed by atoms with van der Waals surface area (Å²) in [7, 11) is 0. The third-order valence-electron chi connectivity index (χ3n) is 1.24. The predicted octanol–water partition coefficient (Wildman–Crippen LogP) is -2.25. The van der Waals surface area contributed by atoms with Crippen molar-refractivity contribution < 1.29 is 39.5 Å². The number of rotatable bonds is 2. The molecule has 1 aromatic carbocycles. The summed E-state index contributed by atoms with van der Waals surface area (Å²) >= 11 is 3.24. The molecule has 0 amide bonds. The SMILES string of the molecule is O=C([O-])Cc1cccc(Br)c1.[Na+]. The first-order valence-electron chi connectivity index (χ1n) is 3.13. The number of benzene rings is 1. The topological polar surface area (TPSA) is 40.1 Å². The van der Waals surface area contributed by atoms with Crippen molar-refractivity contribution in [3.63, 3.8) is 0 Å². The zero-order valence-corrected chi connectivity index (χ0v) is 10.3. The molecule has 0 atom stereocenters. The Labute approximate surface area is 101 Å². The Hall–Kier alpha value is 0.170. The van der Waals surface area contributed by atoms with Crippen LogP contribution in [0.3, 0.4) is 0 Å². The molecule has 4 heteroatoms. The van der Waals surface area contributed by atoms with E-state index in [1.807, 2.05) is 6.07 Å². The van der Waals surface area contributed by atoms with Crippen LogP contribution in [0.2, 0.25) is 0 Å². The van der Waals surface area contributed by atoms with Gasteiger partial charge in [0.2, 0.25) is 0 Å². The molecule has 1 aromatic rings. The van der Waals surface area contributed by atoms with E-state index in [-0.39, 0.29) is 36.0 Å². The van der Waals surface area contributed by atoms with Crippen LogP contribution in [-0.4, -0.2) is 5.97 Å². The molecule has 1 rings (SSSR count). The van der Waals surface area contributed by atoms with Gasteiger partial charge in [0.1, 0.15) is 0 Å². The summed E-state index contributed by atoms with van der Waals surface area (Å²) in [4.78, 5) is 10.2. The quantitative estimate of drug-likeness (QED) is 0.545. The molecule has 0 aromatic heterocycles. The van der Waals surface area contributed by atoms with Crippen molar-refractivity contribution in [2.75, 3.05) is 0 Å². The van der Waals surface area contributed by atoms with E-state index < -0.39 is 5.97 Å². The predicted molar refractivity (Wildman–Crippen MR) is 42.9 cm³/mol. The molecule has 0 saturated carbocycles. The van der Waals surface area contributed by atoms with Crippen LogP contribution >= 0.6 is 15.9 Å². The van der Waals surface area contributed by atoms with Crippen molar-refractivity contribution in [3.05, 3.63) is 34.3 Å². The monoisotopic (exact) mass is 236 g/mol. The fourth-order valence-corrected chi connectivity index (χ4v) is 1.26. The van der Waals surface area contributed by atoms with Gasteiger partial charge >= 0.3 is 29.6 Å². The molecule has 0 unspecified atom stereocenters. The zero-order valence-electron chi connectivity index (χ0n) is 6.71.